The average Bonchev–Trinajstić information content (AvgIpc) is 2.80. The zero-order chi connectivity index (χ0) is 21.7. The van der Waals surface area contributed by atoms with Crippen LogP contribution in [-0.2, 0) is 9.59 Å². The van der Waals surface area contributed by atoms with Gasteiger partial charge in [0.1, 0.15) is 5.75 Å². The van der Waals surface area contributed by atoms with Gasteiger partial charge in [0.15, 0.2) is 17.6 Å². The molecule has 8 nitrogen and oxygen atoms in total. The van der Waals surface area contributed by atoms with Gasteiger partial charge in [-0.05, 0) is 35.9 Å². The molecule has 1 aliphatic heterocycles. The van der Waals surface area contributed by atoms with Crippen LogP contribution in [0, 0.1) is 0 Å². The Kier molecular flexibility index (Phi) is 6.46. The molecule has 0 fully saturated rings. The molecular weight excluding hydrogens is 388 g/mol. The lowest BCUT2D eigenvalue weighted by Crippen LogP contribution is -2.49. The number of anilines is 1. The van der Waals surface area contributed by atoms with E-state index in [4.69, 9.17) is 18.9 Å². The number of carbonyl (C=O) groups is 2. The number of nitrogens with one attached hydrogen (secondary N) is 1. The van der Waals surface area contributed by atoms with Gasteiger partial charge < -0.3 is 29.2 Å². The molecular formula is C22H24N2O6. The smallest absolute Gasteiger partial charge is 0.262 e. The second-order valence-corrected chi connectivity index (χ2v) is 6.43. The number of nitrogens with zero attached hydrogens (tertiary/aromatic N) is 1. The van der Waals surface area contributed by atoms with E-state index in [1.54, 1.807) is 36.4 Å². The van der Waals surface area contributed by atoms with Crippen LogP contribution >= 0.6 is 0 Å². The normalized spacial score (nSPS) is 15.2. The first-order valence-corrected chi connectivity index (χ1v) is 9.29. The Labute approximate surface area is 175 Å². The number of benzene rings is 2. The summed E-state index contributed by atoms with van der Waals surface area (Å²) in [7, 11) is 6.11. The van der Waals surface area contributed by atoms with E-state index in [2.05, 4.69) is 5.32 Å². The number of hydrogen-bond acceptors (Lipinski definition) is 6. The summed E-state index contributed by atoms with van der Waals surface area (Å²) in [5.74, 6) is 1.34. The van der Waals surface area contributed by atoms with Crippen molar-refractivity contribution in [2.24, 2.45) is 0 Å². The lowest BCUT2D eigenvalue weighted by Gasteiger charge is -2.33. The van der Waals surface area contributed by atoms with Gasteiger partial charge in [-0.25, -0.2) is 0 Å². The van der Waals surface area contributed by atoms with Crippen molar-refractivity contribution in [3.05, 3.63) is 48.0 Å². The number of para-hydroxylation sites is 2. The van der Waals surface area contributed by atoms with Crippen molar-refractivity contribution in [2.75, 3.05) is 39.8 Å². The second kappa shape index (κ2) is 9.21. The Balaban J connectivity index is 1.89. The minimum Gasteiger partial charge on any atom is -0.493 e. The first-order valence-electron chi connectivity index (χ1n) is 9.29. The van der Waals surface area contributed by atoms with Crippen LogP contribution in [0.1, 0.15) is 5.56 Å². The SMILES string of the molecule is CNC(=O)C1CN(C(=O)/C=C/c2cc(OC)c(OC)c(OC)c2)c2ccccc2O1. The summed E-state index contributed by atoms with van der Waals surface area (Å²) in [4.78, 5) is 26.6. The van der Waals surface area contributed by atoms with E-state index >= 15 is 0 Å². The number of likely N-dealkylation sites (N-methyl/N-ethyl adjacent to an activating group) is 1. The van der Waals surface area contributed by atoms with Gasteiger partial charge in [-0.3, -0.25) is 9.59 Å². The van der Waals surface area contributed by atoms with Gasteiger partial charge in [0, 0.05) is 13.1 Å². The summed E-state index contributed by atoms with van der Waals surface area (Å²) < 4.78 is 21.7. The van der Waals surface area contributed by atoms with Crippen molar-refractivity contribution >= 4 is 23.6 Å². The van der Waals surface area contributed by atoms with E-state index in [1.807, 2.05) is 6.07 Å². The standard InChI is InChI=1S/C22H24N2O6/c1-23-22(26)19-13-24(15-7-5-6-8-16(15)30-19)20(25)10-9-14-11-17(27-2)21(29-4)18(12-14)28-3/h5-12,19H,13H2,1-4H3,(H,23,26)/b10-9+. The third-order valence-corrected chi connectivity index (χ3v) is 4.68. The maximum atomic E-state index is 13.0. The van der Waals surface area contributed by atoms with Crippen molar-refractivity contribution in [3.8, 4) is 23.0 Å². The molecule has 0 aromatic heterocycles. The van der Waals surface area contributed by atoms with Crippen LogP contribution < -0.4 is 29.2 Å². The quantitative estimate of drug-likeness (QED) is 0.733. The molecule has 1 unspecified atom stereocenters. The number of methoxy groups -OCH3 is 3. The van der Waals surface area contributed by atoms with Gasteiger partial charge in [0.25, 0.3) is 11.8 Å². The van der Waals surface area contributed by atoms with Crippen LogP contribution in [-0.4, -0.2) is 52.8 Å². The lowest BCUT2D eigenvalue weighted by atomic mass is 10.1. The Hall–Kier alpha value is -3.68. The van der Waals surface area contributed by atoms with Crippen molar-refractivity contribution in [2.45, 2.75) is 6.10 Å². The van der Waals surface area contributed by atoms with Crippen LogP contribution in [0.5, 0.6) is 23.0 Å². The molecule has 0 saturated heterocycles. The first kappa shape index (κ1) is 21.0. The third kappa shape index (κ3) is 4.17. The fourth-order valence-electron chi connectivity index (χ4n) is 3.20. The van der Waals surface area contributed by atoms with E-state index in [0.717, 1.165) is 0 Å². The molecule has 1 N–H and O–H groups in total. The molecule has 30 heavy (non-hydrogen) atoms. The summed E-state index contributed by atoms with van der Waals surface area (Å²) in [6, 6.07) is 10.6. The minimum atomic E-state index is -0.788. The largest absolute Gasteiger partial charge is 0.493 e. The molecule has 1 aliphatic rings. The van der Waals surface area contributed by atoms with Crippen LogP contribution in [0.2, 0.25) is 0 Å². The van der Waals surface area contributed by atoms with E-state index in [9.17, 15) is 9.59 Å². The van der Waals surface area contributed by atoms with Gasteiger partial charge in [-0.15, -0.1) is 0 Å². The first-order chi connectivity index (χ1) is 14.5. The van der Waals surface area contributed by atoms with E-state index in [0.29, 0.717) is 34.2 Å². The summed E-state index contributed by atoms with van der Waals surface area (Å²) in [5, 5.41) is 2.56. The number of rotatable bonds is 6. The molecule has 2 amide bonds. The van der Waals surface area contributed by atoms with Crippen molar-refractivity contribution in [1.82, 2.24) is 5.32 Å². The fraction of sp³-hybridized carbons (Fsp3) is 0.273. The number of amides is 2. The number of fused-ring (bicyclic) bond motifs is 1. The van der Waals surface area contributed by atoms with Crippen LogP contribution in [0.3, 0.4) is 0 Å². The molecule has 1 atom stereocenters. The van der Waals surface area contributed by atoms with Crippen LogP contribution in [0.25, 0.3) is 6.08 Å². The Bertz CT molecular complexity index is 947. The maximum absolute atomic E-state index is 13.0. The van der Waals surface area contributed by atoms with E-state index < -0.39 is 6.10 Å². The Morgan fingerprint density at radius 2 is 1.77 bits per heavy atom. The summed E-state index contributed by atoms with van der Waals surface area (Å²) in [6.45, 7) is 0.106. The van der Waals surface area contributed by atoms with Gasteiger partial charge >= 0.3 is 0 Å². The van der Waals surface area contributed by atoms with Crippen molar-refractivity contribution < 1.29 is 28.5 Å². The zero-order valence-corrected chi connectivity index (χ0v) is 17.3. The molecule has 2 aromatic rings. The monoisotopic (exact) mass is 412 g/mol. The Morgan fingerprint density at radius 3 is 2.37 bits per heavy atom. The zero-order valence-electron chi connectivity index (χ0n) is 17.3. The summed E-state index contributed by atoms with van der Waals surface area (Å²) >= 11 is 0. The highest BCUT2D eigenvalue weighted by molar-refractivity contribution is 6.05. The molecule has 158 valence electrons. The number of ether oxygens (including phenoxy) is 4. The molecule has 1 heterocycles. The molecule has 3 rings (SSSR count). The number of hydrogen-bond donors (Lipinski definition) is 1. The molecule has 0 radical (unpaired) electrons. The maximum Gasteiger partial charge on any atom is 0.262 e. The highest BCUT2D eigenvalue weighted by Crippen LogP contribution is 2.38. The van der Waals surface area contributed by atoms with Gasteiger partial charge in [-0.1, -0.05) is 12.1 Å². The summed E-state index contributed by atoms with van der Waals surface area (Å²) in [6.07, 6.45) is 2.30. The van der Waals surface area contributed by atoms with Crippen LogP contribution in [0.15, 0.2) is 42.5 Å². The fourth-order valence-corrected chi connectivity index (χ4v) is 3.20. The Morgan fingerprint density at radius 1 is 1.10 bits per heavy atom. The number of carbonyl (C=O) groups excluding carboxylic acids is 2. The minimum absolute atomic E-state index is 0.106. The second-order valence-electron chi connectivity index (χ2n) is 6.43. The van der Waals surface area contributed by atoms with Crippen molar-refractivity contribution in [3.63, 3.8) is 0 Å². The van der Waals surface area contributed by atoms with E-state index in [1.165, 1.54) is 39.4 Å². The molecule has 0 aliphatic carbocycles. The average molecular weight is 412 g/mol. The van der Waals surface area contributed by atoms with E-state index in [-0.39, 0.29) is 18.4 Å². The molecule has 8 heteroatoms. The van der Waals surface area contributed by atoms with Gasteiger partial charge in [0.2, 0.25) is 5.75 Å². The van der Waals surface area contributed by atoms with Crippen molar-refractivity contribution in [1.29, 1.82) is 0 Å². The predicted molar refractivity (Wildman–Crippen MR) is 112 cm³/mol. The third-order valence-electron chi connectivity index (χ3n) is 4.68. The van der Waals surface area contributed by atoms with Crippen LogP contribution in [0.4, 0.5) is 5.69 Å². The highest BCUT2D eigenvalue weighted by atomic mass is 16.5. The highest BCUT2D eigenvalue weighted by Gasteiger charge is 2.32. The van der Waals surface area contributed by atoms with Gasteiger partial charge in [0.05, 0.1) is 33.6 Å². The summed E-state index contributed by atoms with van der Waals surface area (Å²) in [5.41, 5.74) is 1.31. The topological polar surface area (TPSA) is 86.3 Å². The predicted octanol–water partition coefficient (Wildman–Crippen LogP) is 2.27. The van der Waals surface area contributed by atoms with Gasteiger partial charge in [-0.2, -0.15) is 0 Å². The molecule has 2 aromatic carbocycles. The lowest BCUT2D eigenvalue weighted by molar-refractivity contribution is -0.127. The molecule has 0 saturated carbocycles. The molecule has 0 bridgehead atoms. The molecule has 0 spiro atoms.